The highest BCUT2D eigenvalue weighted by Crippen LogP contribution is 2.35. The first-order valence-electron chi connectivity index (χ1n) is 8.73. The zero-order valence-electron chi connectivity index (χ0n) is 15.6. The molecule has 0 aromatic carbocycles. The molecule has 126 valence electrons. The fourth-order valence-electron chi connectivity index (χ4n) is 2.32. The van der Waals surface area contributed by atoms with E-state index in [4.69, 9.17) is 0 Å². The quantitative estimate of drug-likeness (QED) is 0.531. The lowest BCUT2D eigenvalue weighted by molar-refractivity contribution is -0.119. The minimum Gasteiger partial charge on any atom is -0.298 e. The molecule has 0 aromatic heterocycles. The van der Waals surface area contributed by atoms with Gasteiger partial charge in [0.05, 0.1) is 5.92 Å². The topological polar surface area (TPSA) is 17.1 Å². The van der Waals surface area contributed by atoms with Gasteiger partial charge < -0.3 is 0 Å². The number of unbranched alkanes of at least 4 members (excludes halogenated alkanes) is 1. The van der Waals surface area contributed by atoms with E-state index in [1.807, 2.05) is 19.1 Å². The summed E-state index contributed by atoms with van der Waals surface area (Å²) in [7, 11) is 0. The fraction of sp³-hybridized carbons (Fsp3) is 0.667. The summed E-state index contributed by atoms with van der Waals surface area (Å²) >= 11 is 0. The Balaban J connectivity index is 0.000000326. The van der Waals surface area contributed by atoms with E-state index in [0.717, 1.165) is 11.5 Å². The Hall–Kier alpha value is -1.11. The summed E-state index contributed by atoms with van der Waals surface area (Å²) in [6.07, 6.45) is 14.3. The van der Waals surface area contributed by atoms with E-state index in [0.29, 0.717) is 11.8 Å². The molecule has 0 saturated heterocycles. The van der Waals surface area contributed by atoms with Gasteiger partial charge in [-0.1, -0.05) is 83.9 Å². The third-order valence-electron chi connectivity index (χ3n) is 4.26. The average molecular weight is 305 g/mol. The Labute approximate surface area is 138 Å². The minimum absolute atomic E-state index is 0.0185. The normalized spacial score (nSPS) is 20.3. The molecule has 2 rings (SSSR count). The van der Waals surface area contributed by atoms with Gasteiger partial charge in [-0.15, -0.1) is 0 Å². The molecule has 0 saturated carbocycles. The molecule has 0 spiro atoms. The Bertz CT molecular complexity index is 383. The number of hydrogen-bond acceptors (Lipinski definition) is 1. The van der Waals surface area contributed by atoms with Crippen molar-refractivity contribution >= 4 is 5.78 Å². The molecule has 1 nitrogen and oxygen atoms in total. The van der Waals surface area contributed by atoms with E-state index in [-0.39, 0.29) is 11.7 Å². The molecule has 0 N–H and O–H groups in total. The number of allylic oxidation sites excluding steroid dienone is 5. The molecule has 1 heteroatoms. The maximum absolute atomic E-state index is 10.9. The highest BCUT2D eigenvalue weighted by molar-refractivity contribution is 5.89. The van der Waals surface area contributed by atoms with E-state index >= 15 is 0 Å². The van der Waals surface area contributed by atoms with Crippen molar-refractivity contribution in [3.8, 4) is 0 Å². The summed E-state index contributed by atoms with van der Waals surface area (Å²) < 4.78 is 0. The second-order valence-corrected chi connectivity index (χ2v) is 7.43. The van der Waals surface area contributed by atoms with Crippen LogP contribution in [0.25, 0.3) is 0 Å². The molecule has 0 fully saturated rings. The van der Waals surface area contributed by atoms with Gasteiger partial charge >= 0.3 is 0 Å². The van der Waals surface area contributed by atoms with Crippen molar-refractivity contribution in [3.63, 3.8) is 0 Å². The maximum atomic E-state index is 10.9. The van der Waals surface area contributed by atoms with Gasteiger partial charge in [-0.3, -0.25) is 4.79 Å². The van der Waals surface area contributed by atoms with Crippen LogP contribution in [0.1, 0.15) is 73.6 Å². The van der Waals surface area contributed by atoms with Gasteiger partial charge in [0.2, 0.25) is 0 Å². The van der Waals surface area contributed by atoms with E-state index < -0.39 is 0 Å². The van der Waals surface area contributed by atoms with Gasteiger partial charge in [0.1, 0.15) is 5.78 Å². The zero-order chi connectivity index (χ0) is 17.2. The number of carbonyl (C=O) groups excluding carboxylic acids is 1. The number of carbonyl (C=O) groups is 1. The lowest BCUT2D eigenvalue weighted by Gasteiger charge is -2.26. The van der Waals surface area contributed by atoms with Gasteiger partial charge in [-0.2, -0.15) is 0 Å². The molecular weight excluding hydrogens is 268 g/mol. The monoisotopic (exact) mass is 304 g/mol. The van der Waals surface area contributed by atoms with Crippen LogP contribution in [0.2, 0.25) is 0 Å². The lowest BCUT2D eigenvalue weighted by atomic mass is 9.79. The summed E-state index contributed by atoms with van der Waals surface area (Å²) in [5.41, 5.74) is 1.47. The summed E-state index contributed by atoms with van der Waals surface area (Å²) in [6.45, 7) is 16.9. The Morgan fingerprint density at radius 2 is 1.64 bits per heavy atom. The van der Waals surface area contributed by atoms with Crippen LogP contribution in [0.3, 0.4) is 0 Å². The molecule has 2 aliphatic rings. The molecule has 2 aliphatic carbocycles. The highest BCUT2D eigenvalue weighted by atomic mass is 16.1. The molecule has 1 unspecified atom stereocenters. The van der Waals surface area contributed by atoms with Crippen molar-refractivity contribution in [1.82, 2.24) is 0 Å². The van der Waals surface area contributed by atoms with Crippen molar-refractivity contribution in [1.29, 1.82) is 0 Å². The Morgan fingerprint density at radius 1 is 1.14 bits per heavy atom. The molecule has 0 amide bonds. The molecule has 0 heterocycles. The van der Waals surface area contributed by atoms with Crippen LogP contribution in [0, 0.1) is 17.3 Å². The third-order valence-corrected chi connectivity index (χ3v) is 4.26. The van der Waals surface area contributed by atoms with E-state index in [1.54, 1.807) is 0 Å². The van der Waals surface area contributed by atoms with Crippen LogP contribution in [0.5, 0.6) is 0 Å². The molecular formula is C21H36O. The number of rotatable bonds is 2. The van der Waals surface area contributed by atoms with Crippen molar-refractivity contribution in [2.75, 3.05) is 0 Å². The standard InChI is InChI=1S/C9H16.C8H10O.C4H10/c1-9(2,3)8-6-4-5-7-8;1-6(2)7-4-3-5-8(7)9;1-3-4-2/h4-5,8H,6-7H2,1-3H3;3-4,7H,1,5H2,2H3;3-4H2,1-2H3. The number of hydrogen-bond donors (Lipinski definition) is 0. The van der Waals surface area contributed by atoms with E-state index in [2.05, 4.69) is 53.3 Å². The molecule has 0 radical (unpaired) electrons. The summed E-state index contributed by atoms with van der Waals surface area (Å²) in [6, 6.07) is 0. The molecule has 0 aromatic rings. The van der Waals surface area contributed by atoms with Crippen LogP contribution in [-0.2, 0) is 4.79 Å². The van der Waals surface area contributed by atoms with Gasteiger partial charge in [0, 0.05) is 6.42 Å². The van der Waals surface area contributed by atoms with Crippen LogP contribution >= 0.6 is 0 Å². The summed E-state index contributed by atoms with van der Waals surface area (Å²) in [5, 5.41) is 0. The second kappa shape index (κ2) is 10.6. The van der Waals surface area contributed by atoms with Gasteiger partial charge in [0.15, 0.2) is 0 Å². The lowest BCUT2D eigenvalue weighted by Crippen LogP contribution is -2.16. The van der Waals surface area contributed by atoms with Gasteiger partial charge in [-0.05, 0) is 31.1 Å². The van der Waals surface area contributed by atoms with Gasteiger partial charge in [0.25, 0.3) is 0 Å². The van der Waals surface area contributed by atoms with Crippen LogP contribution in [0.15, 0.2) is 36.5 Å². The highest BCUT2D eigenvalue weighted by Gasteiger charge is 2.24. The van der Waals surface area contributed by atoms with Crippen molar-refractivity contribution < 1.29 is 4.79 Å². The summed E-state index contributed by atoms with van der Waals surface area (Å²) in [4.78, 5) is 10.9. The third kappa shape index (κ3) is 8.36. The Kier molecular flexibility index (Phi) is 10.1. The number of Topliss-reactive ketones (excluding diaryl/α,β-unsaturated/α-hetero) is 1. The predicted octanol–water partition coefficient (Wildman–Crippen LogP) is 6.51. The van der Waals surface area contributed by atoms with Crippen molar-refractivity contribution in [3.05, 3.63) is 36.5 Å². The summed E-state index contributed by atoms with van der Waals surface area (Å²) in [5.74, 6) is 1.20. The maximum Gasteiger partial charge on any atom is 0.147 e. The molecule has 0 aliphatic heterocycles. The zero-order valence-corrected chi connectivity index (χ0v) is 15.6. The fourth-order valence-corrected chi connectivity index (χ4v) is 2.32. The van der Waals surface area contributed by atoms with E-state index in [9.17, 15) is 4.79 Å². The van der Waals surface area contributed by atoms with Crippen molar-refractivity contribution in [2.24, 2.45) is 17.3 Å². The SMILES string of the molecule is C=C(C)C1C=CCC1=O.CC(C)(C)C1CC=CC1.CCCC. The molecule has 1 atom stereocenters. The first-order chi connectivity index (χ1) is 10.2. The predicted molar refractivity (Wildman–Crippen MR) is 99.0 cm³/mol. The Morgan fingerprint density at radius 3 is 1.82 bits per heavy atom. The van der Waals surface area contributed by atoms with Crippen LogP contribution in [0.4, 0.5) is 0 Å². The van der Waals surface area contributed by atoms with E-state index in [1.165, 1.54) is 25.7 Å². The van der Waals surface area contributed by atoms with Crippen molar-refractivity contribution in [2.45, 2.75) is 73.6 Å². The average Bonchev–Trinajstić information content (AvgIpc) is 3.09. The van der Waals surface area contributed by atoms with Crippen LogP contribution in [-0.4, -0.2) is 5.78 Å². The minimum atomic E-state index is 0.0185. The van der Waals surface area contributed by atoms with Gasteiger partial charge in [-0.25, -0.2) is 0 Å². The smallest absolute Gasteiger partial charge is 0.147 e. The first-order valence-corrected chi connectivity index (χ1v) is 8.73. The molecule has 0 bridgehead atoms. The second-order valence-electron chi connectivity index (χ2n) is 7.43. The van der Waals surface area contributed by atoms with Crippen LogP contribution < -0.4 is 0 Å². The first kappa shape index (κ1) is 20.9. The number of ketones is 1. The largest absolute Gasteiger partial charge is 0.298 e. The molecule has 22 heavy (non-hydrogen) atoms.